The molecule has 0 radical (unpaired) electrons. The smallest absolute Gasteiger partial charge is 0.328 e. The molecule has 0 unspecified atom stereocenters. The third-order valence-electron chi connectivity index (χ3n) is 2.81. The Bertz CT molecular complexity index is 635. The molecule has 0 amide bonds. The molecule has 1 aromatic carbocycles. The van der Waals surface area contributed by atoms with Crippen molar-refractivity contribution in [3.63, 3.8) is 0 Å². The van der Waals surface area contributed by atoms with Crippen LogP contribution in [0.3, 0.4) is 0 Å². The molecule has 0 atom stereocenters. The second-order valence-electron chi connectivity index (χ2n) is 4.40. The molecule has 1 heterocycles. The molecule has 21 heavy (non-hydrogen) atoms. The molecule has 6 nitrogen and oxygen atoms in total. The first kappa shape index (κ1) is 14.8. The summed E-state index contributed by atoms with van der Waals surface area (Å²) >= 11 is 0. The molecule has 1 N–H and O–H groups in total. The van der Waals surface area contributed by atoms with Gasteiger partial charge in [0.2, 0.25) is 0 Å². The van der Waals surface area contributed by atoms with E-state index in [1.165, 1.54) is 12.4 Å². The summed E-state index contributed by atoms with van der Waals surface area (Å²) < 4.78 is 7.53. The van der Waals surface area contributed by atoms with Crippen LogP contribution >= 0.6 is 0 Å². The van der Waals surface area contributed by atoms with Gasteiger partial charge in [-0.05, 0) is 18.6 Å². The van der Waals surface area contributed by atoms with Crippen molar-refractivity contribution in [2.24, 2.45) is 0 Å². The number of hydrogen-bond donors (Lipinski definition) is 1. The number of nitrogens with zero attached hydrogens (tertiary/aromatic N) is 3. The molecule has 0 saturated heterocycles. The molecule has 0 fully saturated rings. The number of rotatable bonds is 7. The van der Waals surface area contributed by atoms with E-state index in [0.29, 0.717) is 11.3 Å². The summed E-state index contributed by atoms with van der Waals surface area (Å²) in [6.45, 7) is 3.15. The fourth-order valence-electron chi connectivity index (χ4n) is 1.85. The number of aliphatic carboxylic acids is 1. The summed E-state index contributed by atoms with van der Waals surface area (Å²) in [4.78, 5) is 14.8. The third-order valence-corrected chi connectivity index (χ3v) is 2.81. The van der Waals surface area contributed by atoms with Crippen LogP contribution in [0.25, 0.3) is 6.08 Å². The minimum atomic E-state index is -0.993. The number of ether oxygens (including phenoxy) is 1. The summed E-state index contributed by atoms with van der Waals surface area (Å²) in [5, 5.41) is 12.8. The van der Waals surface area contributed by atoms with Crippen LogP contribution in [-0.2, 0) is 17.9 Å². The predicted molar refractivity (Wildman–Crippen MR) is 77.8 cm³/mol. The zero-order valence-electron chi connectivity index (χ0n) is 11.8. The van der Waals surface area contributed by atoms with Crippen LogP contribution < -0.4 is 4.74 Å². The van der Waals surface area contributed by atoms with Crippen LogP contribution in [0.1, 0.15) is 24.7 Å². The van der Waals surface area contributed by atoms with Crippen molar-refractivity contribution < 1.29 is 14.6 Å². The number of aromatic nitrogens is 3. The highest BCUT2D eigenvalue weighted by atomic mass is 16.5. The van der Waals surface area contributed by atoms with Gasteiger partial charge in [0.1, 0.15) is 18.7 Å². The molecule has 1 aromatic heterocycles. The Morgan fingerprint density at radius 1 is 1.43 bits per heavy atom. The van der Waals surface area contributed by atoms with Gasteiger partial charge in [-0.3, -0.25) is 0 Å². The molecule has 0 aliphatic carbocycles. The van der Waals surface area contributed by atoms with E-state index in [4.69, 9.17) is 9.84 Å². The number of carboxylic acids is 1. The van der Waals surface area contributed by atoms with Gasteiger partial charge in [-0.25, -0.2) is 14.5 Å². The quantitative estimate of drug-likeness (QED) is 0.791. The van der Waals surface area contributed by atoms with E-state index >= 15 is 0 Å². The minimum Gasteiger partial charge on any atom is -0.485 e. The van der Waals surface area contributed by atoms with Crippen molar-refractivity contribution in [3.8, 4) is 5.75 Å². The second kappa shape index (κ2) is 7.23. The molecule has 0 spiro atoms. The molecular weight excluding hydrogens is 270 g/mol. The number of aryl methyl sites for hydroxylation is 1. The maximum atomic E-state index is 10.6. The predicted octanol–water partition coefficient (Wildman–Crippen LogP) is 2.36. The zero-order chi connectivity index (χ0) is 15.1. The normalized spacial score (nSPS) is 10.9. The number of carboxylic acid groups (broad SMARTS) is 1. The van der Waals surface area contributed by atoms with E-state index in [-0.39, 0.29) is 6.61 Å². The Hall–Kier alpha value is -2.63. The molecule has 2 aromatic rings. The van der Waals surface area contributed by atoms with Crippen molar-refractivity contribution in [1.29, 1.82) is 0 Å². The third kappa shape index (κ3) is 4.17. The van der Waals surface area contributed by atoms with E-state index in [0.717, 1.165) is 24.9 Å². The fourth-order valence-corrected chi connectivity index (χ4v) is 1.85. The first-order chi connectivity index (χ1) is 10.2. The Morgan fingerprint density at radius 2 is 2.24 bits per heavy atom. The largest absolute Gasteiger partial charge is 0.485 e. The lowest BCUT2D eigenvalue weighted by Crippen LogP contribution is -2.08. The Labute approximate surface area is 122 Å². The van der Waals surface area contributed by atoms with Gasteiger partial charge >= 0.3 is 5.97 Å². The topological polar surface area (TPSA) is 77.2 Å². The molecule has 0 saturated carbocycles. The molecule has 0 aliphatic rings. The van der Waals surface area contributed by atoms with Gasteiger partial charge < -0.3 is 9.84 Å². The number of hydrogen-bond acceptors (Lipinski definition) is 4. The van der Waals surface area contributed by atoms with Crippen LogP contribution in [0.4, 0.5) is 0 Å². The van der Waals surface area contributed by atoms with Gasteiger partial charge in [-0.2, -0.15) is 5.10 Å². The number of benzene rings is 1. The van der Waals surface area contributed by atoms with Crippen LogP contribution in [0.5, 0.6) is 5.75 Å². The molecular formula is C15H17N3O3. The van der Waals surface area contributed by atoms with Gasteiger partial charge in [-0.1, -0.05) is 25.1 Å². The first-order valence-electron chi connectivity index (χ1n) is 6.70. The van der Waals surface area contributed by atoms with Crippen molar-refractivity contribution in [1.82, 2.24) is 14.8 Å². The van der Waals surface area contributed by atoms with Crippen molar-refractivity contribution >= 4 is 12.0 Å². The summed E-state index contributed by atoms with van der Waals surface area (Å²) in [5.41, 5.74) is 0.710. The van der Waals surface area contributed by atoms with Gasteiger partial charge in [0.15, 0.2) is 5.82 Å². The molecule has 0 bridgehead atoms. The Balaban J connectivity index is 2.09. The van der Waals surface area contributed by atoms with Gasteiger partial charge in [0, 0.05) is 18.2 Å². The number of para-hydroxylation sites is 1. The van der Waals surface area contributed by atoms with Crippen molar-refractivity contribution in [2.45, 2.75) is 26.5 Å². The average molecular weight is 287 g/mol. The van der Waals surface area contributed by atoms with E-state index < -0.39 is 5.97 Å². The molecule has 6 heteroatoms. The SMILES string of the molecule is CCCn1ncnc1COc1ccccc1C=CC(=O)O. The van der Waals surface area contributed by atoms with E-state index in [9.17, 15) is 4.79 Å². The highest BCUT2D eigenvalue weighted by molar-refractivity contribution is 5.85. The van der Waals surface area contributed by atoms with Crippen LogP contribution in [-0.4, -0.2) is 25.8 Å². The summed E-state index contributed by atoms with van der Waals surface area (Å²) in [5.74, 6) is 0.363. The molecule has 110 valence electrons. The monoisotopic (exact) mass is 287 g/mol. The lowest BCUT2D eigenvalue weighted by atomic mass is 10.2. The van der Waals surface area contributed by atoms with E-state index in [2.05, 4.69) is 17.0 Å². The van der Waals surface area contributed by atoms with Gasteiger partial charge in [0.05, 0.1) is 0 Å². The lowest BCUT2D eigenvalue weighted by molar-refractivity contribution is -0.131. The first-order valence-corrected chi connectivity index (χ1v) is 6.70. The standard InChI is InChI=1S/C15H17N3O3/c1-2-9-18-14(16-11-17-18)10-21-13-6-4-3-5-12(13)7-8-15(19)20/h3-8,11H,2,9-10H2,1H3,(H,19,20). The highest BCUT2D eigenvalue weighted by Gasteiger charge is 2.06. The summed E-state index contributed by atoms with van der Waals surface area (Å²) in [7, 11) is 0. The van der Waals surface area contributed by atoms with Crippen LogP contribution in [0.15, 0.2) is 36.7 Å². The van der Waals surface area contributed by atoms with E-state index in [1.807, 2.05) is 12.1 Å². The maximum Gasteiger partial charge on any atom is 0.328 e. The number of carbonyl (C=O) groups is 1. The minimum absolute atomic E-state index is 0.290. The van der Waals surface area contributed by atoms with Gasteiger partial charge in [0.25, 0.3) is 0 Å². The molecule has 0 aliphatic heterocycles. The fraction of sp³-hybridized carbons (Fsp3) is 0.267. The van der Waals surface area contributed by atoms with Crippen molar-refractivity contribution in [2.75, 3.05) is 0 Å². The van der Waals surface area contributed by atoms with Crippen LogP contribution in [0, 0.1) is 0 Å². The van der Waals surface area contributed by atoms with E-state index in [1.54, 1.807) is 16.8 Å². The molecule has 2 rings (SSSR count). The second-order valence-corrected chi connectivity index (χ2v) is 4.40. The maximum absolute atomic E-state index is 10.6. The zero-order valence-corrected chi connectivity index (χ0v) is 11.8. The summed E-state index contributed by atoms with van der Waals surface area (Å²) in [6.07, 6.45) is 5.06. The Morgan fingerprint density at radius 3 is 3.00 bits per heavy atom. The van der Waals surface area contributed by atoms with Crippen molar-refractivity contribution in [3.05, 3.63) is 48.1 Å². The highest BCUT2D eigenvalue weighted by Crippen LogP contribution is 2.20. The lowest BCUT2D eigenvalue weighted by Gasteiger charge is -2.09. The van der Waals surface area contributed by atoms with Gasteiger partial charge in [-0.15, -0.1) is 0 Å². The van der Waals surface area contributed by atoms with Crippen LogP contribution in [0.2, 0.25) is 0 Å². The summed E-state index contributed by atoms with van der Waals surface area (Å²) in [6, 6.07) is 7.26. The Kier molecular flexibility index (Phi) is 5.09. The average Bonchev–Trinajstić information content (AvgIpc) is 2.91.